The van der Waals surface area contributed by atoms with Gasteiger partial charge in [-0.2, -0.15) is 0 Å². The highest BCUT2D eigenvalue weighted by Crippen LogP contribution is 2.26. The summed E-state index contributed by atoms with van der Waals surface area (Å²) in [5.74, 6) is 0.418. The molecule has 0 unspecified atom stereocenters. The maximum absolute atomic E-state index is 5.99. The Morgan fingerprint density at radius 2 is 1.58 bits per heavy atom. The van der Waals surface area contributed by atoms with Gasteiger partial charge in [0, 0.05) is 11.3 Å². The summed E-state index contributed by atoms with van der Waals surface area (Å²) in [4.78, 5) is 8.99. The zero-order chi connectivity index (χ0) is 13.4. The first-order valence-corrected chi connectivity index (χ1v) is 6.04. The number of fused-ring (bicyclic) bond motifs is 1. The summed E-state index contributed by atoms with van der Waals surface area (Å²) in [6.07, 6.45) is 0. The fourth-order valence-corrected chi connectivity index (χ4v) is 2.05. The molecular weight excluding hydrogens is 236 g/mol. The van der Waals surface area contributed by atoms with Gasteiger partial charge >= 0.3 is 0 Å². The summed E-state index contributed by atoms with van der Waals surface area (Å²) >= 11 is 0. The number of rotatable bonds is 1. The van der Waals surface area contributed by atoms with Crippen molar-refractivity contribution in [3.63, 3.8) is 0 Å². The maximum Gasteiger partial charge on any atom is 0.150 e. The van der Waals surface area contributed by atoms with Crippen LogP contribution in [0.1, 0.15) is 5.56 Å². The standard InChI is InChI=1S/C15H14N4/c1-9-7-12-13(8-11(9)16)19-15(17)14(18-12)10-5-3-2-4-6-10/h2-8H,16H2,1H3,(H2,17,19). The first kappa shape index (κ1) is 11.5. The highest BCUT2D eigenvalue weighted by Gasteiger charge is 2.09. The normalized spacial score (nSPS) is 10.8. The van der Waals surface area contributed by atoms with Gasteiger partial charge in [-0.3, -0.25) is 0 Å². The molecule has 0 spiro atoms. The molecule has 3 aromatic rings. The van der Waals surface area contributed by atoms with Crippen LogP contribution in [0.4, 0.5) is 11.5 Å². The van der Waals surface area contributed by atoms with Crippen molar-refractivity contribution >= 4 is 22.5 Å². The topological polar surface area (TPSA) is 77.8 Å². The Labute approximate surface area is 111 Å². The molecule has 0 aliphatic rings. The molecule has 0 bridgehead atoms. The summed E-state index contributed by atoms with van der Waals surface area (Å²) in [5, 5.41) is 0. The van der Waals surface area contributed by atoms with Crippen molar-refractivity contribution in [3.8, 4) is 11.3 Å². The van der Waals surface area contributed by atoms with E-state index in [0.29, 0.717) is 17.2 Å². The Kier molecular flexibility index (Phi) is 2.56. The molecule has 2 aromatic carbocycles. The molecule has 19 heavy (non-hydrogen) atoms. The fourth-order valence-electron chi connectivity index (χ4n) is 2.05. The number of hydrogen-bond donors (Lipinski definition) is 2. The van der Waals surface area contributed by atoms with Crippen molar-refractivity contribution < 1.29 is 0 Å². The predicted octanol–water partition coefficient (Wildman–Crippen LogP) is 2.77. The molecule has 0 amide bonds. The Morgan fingerprint density at radius 1 is 0.895 bits per heavy atom. The molecule has 3 rings (SSSR count). The van der Waals surface area contributed by atoms with Crippen LogP contribution in [0.25, 0.3) is 22.3 Å². The molecule has 0 atom stereocenters. The van der Waals surface area contributed by atoms with Crippen molar-refractivity contribution in [2.75, 3.05) is 11.5 Å². The van der Waals surface area contributed by atoms with Gasteiger partial charge in [0.1, 0.15) is 5.69 Å². The summed E-state index contributed by atoms with van der Waals surface area (Å²) in [6.45, 7) is 1.95. The van der Waals surface area contributed by atoms with E-state index in [0.717, 1.165) is 22.2 Å². The molecule has 4 N–H and O–H groups in total. The van der Waals surface area contributed by atoms with Crippen LogP contribution >= 0.6 is 0 Å². The second kappa shape index (κ2) is 4.24. The van der Waals surface area contributed by atoms with Crippen molar-refractivity contribution in [2.24, 2.45) is 0 Å². The zero-order valence-electron chi connectivity index (χ0n) is 10.6. The molecule has 4 nitrogen and oxygen atoms in total. The summed E-state index contributed by atoms with van der Waals surface area (Å²) in [7, 11) is 0. The minimum atomic E-state index is 0.418. The summed E-state index contributed by atoms with van der Waals surface area (Å²) in [5.41, 5.74) is 16.8. The average Bonchev–Trinajstić information content (AvgIpc) is 2.41. The number of anilines is 2. The molecule has 1 aromatic heterocycles. The number of nitrogens with zero attached hydrogens (tertiary/aromatic N) is 2. The highest BCUT2D eigenvalue weighted by molar-refractivity contribution is 5.85. The van der Waals surface area contributed by atoms with Gasteiger partial charge in [0.05, 0.1) is 11.0 Å². The van der Waals surface area contributed by atoms with E-state index in [4.69, 9.17) is 11.5 Å². The third kappa shape index (κ3) is 1.97. The van der Waals surface area contributed by atoms with E-state index in [2.05, 4.69) is 9.97 Å². The quantitative estimate of drug-likeness (QED) is 0.651. The van der Waals surface area contributed by atoms with Gasteiger partial charge in [0.25, 0.3) is 0 Å². The lowest BCUT2D eigenvalue weighted by Gasteiger charge is -2.08. The maximum atomic E-state index is 5.99. The highest BCUT2D eigenvalue weighted by atomic mass is 14.9. The van der Waals surface area contributed by atoms with Crippen LogP contribution in [0.2, 0.25) is 0 Å². The van der Waals surface area contributed by atoms with Crippen molar-refractivity contribution in [2.45, 2.75) is 6.92 Å². The third-order valence-corrected chi connectivity index (χ3v) is 3.13. The van der Waals surface area contributed by atoms with Crippen LogP contribution in [0.5, 0.6) is 0 Å². The van der Waals surface area contributed by atoms with Crippen LogP contribution in [-0.2, 0) is 0 Å². The molecule has 0 aliphatic carbocycles. The number of aromatic nitrogens is 2. The van der Waals surface area contributed by atoms with Crippen molar-refractivity contribution in [1.82, 2.24) is 9.97 Å². The molecule has 0 fully saturated rings. The van der Waals surface area contributed by atoms with E-state index in [1.165, 1.54) is 0 Å². The van der Waals surface area contributed by atoms with Crippen molar-refractivity contribution in [1.29, 1.82) is 0 Å². The molecule has 0 saturated heterocycles. The minimum Gasteiger partial charge on any atom is -0.398 e. The molecule has 4 heteroatoms. The Balaban J connectivity index is 2.27. The largest absolute Gasteiger partial charge is 0.398 e. The lowest BCUT2D eigenvalue weighted by atomic mass is 10.1. The molecule has 1 heterocycles. The predicted molar refractivity (Wildman–Crippen MR) is 78.5 cm³/mol. The summed E-state index contributed by atoms with van der Waals surface area (Å²) in [6, 6.07) is 13.5. The van der Waals surface area contributed by atoms with Crippen LogP contribution in [0.15, 0.2) is 42.5 Å². The number of nitrogen functional groups attached to an aromatic ring is 2. The smallest absolute Gasteiger partial charge is 0.150 e. The van der Waals surface area contributed by atoms with Crippen molar-refractivity contribution in [3.05, 3.63) is 48.0 Å². The van der Waals surface area contributed by atoms with Crippen LogP contribution in [-0.4, -0.2) is 9.97 Å². The average molecular weight is 250 g/mol. The van der Waals surface area contributed by atoms with Crippen LogP contribution in [0, 0.1) is 6.92 Å². The van der Waals surface area contributed by atoms with E-state index < -0.39 is 0 Å². The minimum absolute atomic E-state index is 0.418. The molecule has 0 aliphatic heterocycles. The Hall–Kier alpha value is -2.62. The molecular formula is C15H14N4. The third-order valence-electron chi connectivity index (χ3n) is 3.13. The van der Waals surface area contributed by atoms with Crippen LogP contribution < -0.4 is 11.5 Å². The first-order chi connectivity index (χ1) is 9.15. The molecule has 0 saturated carbocycles. The Morgan fingerprint density at radius 3 is 2.32 bits per heavy atom. The second-order valence-electron chi connectivity index (χ2n) is 4.52. The fraction of sp³-hybridized carbons (Fsp3) is 0.0667. The van der Waals surface area contributed by atoms with Gasteiger partial charge < -0.3 is 11.5 Å². The van der Waals surface area contributed by atoms with E-state index in [1.54, 1.807) is 0 Å². The lowest BCUT2D eigenvalue weighted by molar-refractivity contribution is 1.29. The van der Waals surface area contributed by atoms with E-state index in [9.17, 15) is 0 Å². The Bertz CT molecular complexity index is 751. The number of hydrogen-bond acceptors (Lipinski definition) is 4. The van der Waals surface area contributed by atoms with Gasteiger partial charge in [-0.1, -0.05) is 30.3 Å². The van der Waals surface area contributed by atoms with E-state index in [-0.39, 0.29) is 0 Å². The SMILES string of the molecule is Cc1cc2nc(-c3ccccc3)c(N)nc2cc1N. The van der Waals surface area contributed by atoms with Gasteiger partial charge in [-0.25, -0.2) is 9.97 Å². The second-order valence-corrected chi connectivity index (χ2v) is 4.52. The lowest BCUT2D eigenvalue weighted by Crippen LogP contribution is -2.00. The molecule has 0 radical (unpaired) electrons. The molecule has 94 valence electrons. The zero-order valence-corrected chi connectivity index (χ0v) is 10.6. The van der Waals surface area contributed by atoms with Gasteiger partial charge in [0.15, 0.2) is 5.82 Å². The monoisotopic (exact) mass is 250 g/mol. The van der Waals surface area contributed by atoms with E-state index >= 15 is 0 Å². The summed E-state index contributed by atoms with van der Waals surface area (Å²) < 4.78 is 0. The van der Waals surface area contributed by atoms with E-state index in [1.807, 2.05) is 49.4 Å². The van der Waals surface area contributed by atoms with Gasteiger partial charge in [-0.15, -0.1) is 0 Å². The number of nitrogens with two attached hydrogens (primary N) is 2. The van der Waals surface area contributed by atoms with Crippen LogP contribution in [0.3, 0.4) is 0 Å². The number of aryl methyl sites for hydroxylation is 1. The van der Waals surface area contributed by atoms with Gasteiger partial charge in [-0.05, 0) is 24.6 Å². The van der Waals surface area contributed by atoms with Gasteiger partial charge in [0.2, 0.25) is 0 Å². The first-order valence-electron chi connectivity index (χ1n) is 6.04. The number of benzene rings is 2.